The number of aryl methyl sites for hydroxylation is 1. The zero-order chi connectivity index (χ0) is 13.4. The van der Waals surface area contributed by atoms with Gasteiger partial charge in [-0.2, -0.15) is 0 Å². The average Bonchev–Trinajstić information content (AvgIpc) is 2.73. The molecule has 0 saturated heterocycles. The third kappa shape index (κ3) is 5.88. The van der Waals surface area contributed by atoms with E-state index in [0.29, 0.717) is 32.8 Å². The maximum Gasteiger partial charge on any atom is 0.137 e. The van der Waals surface area contributed by atoms with E-state index in [9.17, 15) is 4.79 Å². The van der Waals surface area contributed by atoms with Crippen LogP contribution in [0, 0.1) is 5.92 Å². The molecule has 6 nitrogen and oxygen atoms in total. The zero-order valence-electron chi connectivity index (χ0n) is 11.3. The van der Waals surface area contributed by atoms with Crippen LogP contribution in [0.25, 0.3) is 0 Å². The Labute approximate surface area is 107 Å². The Morgan fingerprint density at radius 2 is 2.06 bits per heavy atom. The van der Waals surface area contributed by atoms with Gasteiger partial charge in [-0.1, -0.05) is 19.1 Å². The highest BCUT2D eigenvalue weighted by Gasteiger charge is 2.06. The number of carbonyl (C=O) groups excluding carboxylic acids is 1. The van der Waals surface area contributed by atoms with Crippen molar-refractivity contribution in [2.45, 2.75) is 26.9 Å². The standard InChI is InChI=1S/C12H21N3O3/c1-10(2)12(16)4-5-17-6-7-18-9-11-8-15(3)14-13-11/h8,10H,4-7,9H2,1-3H3. The smallest absolute Gasteiger partial charge is 0.137 e. The zero-order valence-corrected chi connectivity index (χ0v) is 11.3. The molecule has 0 N–H and O–H groups in total. The van der Waals surface area contributed by atoms with Crippen LogP contribution in [0.1, 0.15) is 26.0 Å². The minimum absolute atomic E-state index is 0.0847. The van der Waals surface area contributed by atoms with Gasteiger partial charge in [-0.15, -0.1) is 5.10 Å². The van der Waals surface area contributed by atoms with Gasteiger partial charge in [0.2, 0.25) is 0 Å². The lowest BCUT2D eigenvalue weighted by atomic mass is 10.1. The Morgan fingerprint density at radius 3 is 2.67 bits per heavy atom. The second-order valence-corrected chi connectivity index (χ2v) is 4.42. The lowest BCUT2D eigenvalue weighted by molar-refractivity contribution is -0.123. The third-order valence-corrected chi connectivity index (χ3v) is 2.41. The monoisotopic (exact) mass is 255 g/mol. The van der Waals surface area contributed by atoms with Crippen molar-refractivity contribution in [3.05, 3.63) is 11.9 Å². The van der Waals surface area contributed by atoms with E-state index in [0.717, 1.165) is 5.69 Å². The molecule has 0 amide bonds. The van der Waals surface area contributed by atoms with Gasteiger partial charge in [-0.25, -0.2) is 0 Å². The van der Waals surface area contributed by atoms with Crippen molar-refractivity contribution in [1.29, 1.82) is 0 Å². The molecule has 0 saturated carbocycles. The Bertz CT molecular complexity index is 363. The highest BCUT2D eigenvalue weighted by molar-refractivity contribution is 5.80. The summed E-state index contributed by atoms with van der Waals surface area (Å²) in [5.41, 5.74) is 0.799. The first-order valence-corrected chi connectivity index (χ1v) is 6.13. The van der Waals surface area contributed by atoms with E-state index in [1.807, 2.05) is 27.1 Å². The van der Waals surface area contributed by atoms with Crippen LogP contribution in [0.15, 0.2) is 6.20 Å². The first kappa shape index (κ1) is 14.8. The van der Waals surface area contributed by atoms with Gasteiger partial charge in [0.25, 0.3) is 0 Å². The molecule has 0 aliphatic rings. The molecule has 0 atom stereocenters. The van der Waals surface area contributed by atoms with Crippen molar-refractivity contribution in [3.63, 3.8) is 0 Å². The number of ketones is 1. The second kappa shape index (κ2) is 7.94. The van der Waals surface area contributed by atoms with Crippen LogP contribution in [0.4, 0.5) is 0 Å². The summed E-state index contributed by atoms with van der Waals surface area (Å²) in [6.07, 6.45) is 2.28. The summed E-state index contributed by atoms with van der Waals surface area (Å²) >= 11 is 0. The normalized spacial score (nSPS) is 11.1. The van der Waals surface area contributed by atoms with Crippen molar-refractivity contribution in [3.8, 4) is 0 Å². The number of aromatic nitrogens is 3. The van der Waals surface area contributed by atoms with Crippen LogP contribution in [-0.4, -0.2) is 40.6 Å². The van der Waals surface area contributed by atoms with Crippen molar-refractivity contribution < 1.29 is 14.3 Å². The highest BCUT2D eigenvalue weighted by Crippen LogP contribution is 1.99. The van der Waals surface area contributed by atoms with Gasteiger partial charge in [0.1, 0.15) is 11.5 Å². The second-order valence-electron chi connectivity index (χ2n) is 4.42. The lowest BCUT2D eigenvalue weighted by Gasteiger charge is -2.05. The van der Waals surface area contributed by atoms with Gasteiger partial charge in [0.05, 0.1) is 32.6 Å². The van der Waals surface area contributed by atoms with E-state index < -0.39 is 0 Å². The molecule has 0 aromatic carbocycles. The maximum atomic E-state index is 11.3. The number of Topliss-reactive ketones (excluding diaryl/α,β-unsaturated/α-hetero) is 1. The van der Waals surface area contributed by atoms with E-state index >= 15 is 0 Å². The van der Waals surface area contributed by atoms with Crippen molar-refractivity contribution >= 4 is 5.78 Å². The summed E-state index contributed by atoms with van der Waals surface area (Å²) in [5, 5.41) is 7.69. The molecule has 0 bridgehead atoms. The first-order chi connectivity index (χ1) is 8.59. The summed E-state index contributed by atoms with van der Waals surface area (Å²) in [6, 6.07) is 0. The molecule has 102 valence electrons. The summed E-state index contributed by atoms with van der Waals surface area (Å²) in [5.74, 6) is 0.317. The van der Waals surface area contributed by atoms with Crippen molar-refractivity contribution in [2.24, 2.45) is 13.0 Å². The summed E-state index contributed by atoms with van der Waals surface area (Å²) in [7, 11) is 1.81. The van der Waals surface area contributed by atoms with Gasteiger partial charge < -0.3 is 9.47 Å². The largest absolute Gasteiger partial charge is 0.379 e. The molecule has 1 aromatic heterocycles. The quantitative estimate of drug-likeness (QED) is 0.615. The van der Waals surface area contributed by atoms with E-state index in [1.165, 1.54) is 0 Å². The van der Waals surface area contributed by atoms with Crippen LogP contribution in [-0.2, 0) is 27.9 Å². The first-order valence-electron chi connectivity index (χ1n) is 6.13. The number of hydrogen-bond acceptors (Lipinski definition) is 5. The van der Waals surface area contributed by atoms with Crippen LogP contribution < -0.4 is 0 Å². The predicted molar refractivity (Wildman–Crippen MR) is 65.9 cm³/mol. The molecule has 1 aromatic rings. The molecule has 0 fully saturated rings. The van der Waals surface area contributed by atoms with Gasteiger partial charge in [0, 0.05) is 19.4 Å². The van der Waals surface area contributed by atoms with Gasteiger partial charge >= 0.3 is 0 Å². The molecule has 0 radical (unpaired) electrons. The molecule has 6 heteroatoms. The fraction of sp³-hybridized carbons (Fsp3) is 0.750. The Balaban J connectivity index is 1.94. The number of carbonyl (C=O) groups is 1. The number of ether oxygens (including phenoxy) is 2. The molecule has 1 heterocycles. The Kier molecular flexibility index (Phi) is 6.53. The molecular weight excluding hydrogens is 234 g/mol. The van der Waals surface area contributed by atoms with Crippen LogP contribution in [0.3, 0.4) is 0 Å². The lowest BCUT2D eigenvalue weighted by Crippen LogP contribution is -2.12. The summed E-state index contributed by atoms with van der Waals surface area (Å²) in [4.78, 5) is 11.3. The highest BCUT2D eigenvalue weighted by atomic mass is 16.5. The maximum absolute atomic E-state index is 11.3. The molecule has 0 aliphatic heterocycles. The number of hydrogen-bond donors (Lipinski definition) is 0. The number of nitrogens with zero attached hydrogens (tertiary/aromatic N) is 3. The fourth-order valence-electron chi connectivity index (χ4n) is 1.32. The number of rotatable bonds is 9. The fourth-order valence-corrected chi connectivity index (χ4v) is 1.32. The predicted octanol–water partition coefficient (Wildman–Crippen LogP) is 0.964. The Hall–Kier alpha value is -1.27. The van der Waals surface area contributed by atoms with E-state index in [1.54, 1.807) is 4.68 Å². The average molecular weight is 255 g/mol. The Morgan fingerprint density at radius 1 is 1.33 bits per heavy atom. The molecule has 1 rings (SSSR count). The van der Waals surface area contributed by atoms with Crippen molar-refractivity contribution in [2.75, 3.05) is 19.8 Å². The molecule has 18 heavy (non-hydrogen) atoms. The topological polar surface area (TPSA) is 66.2 Å². The molecular formula is C12H21N3O3. The van der Waals surface area contributed by atoms with E-state index in [-0.39, 0.29) is 11.7 Å². The molecule has 0 spiro atoms. The SMILES string of the molecule is CC(C)C(=O)CCOCCOCc1cn(C)nn1. The van der Waals surface area contributed by atoms with Gasteiger partial charge in [-0.05, 0) is 0 Å². The van der Waals surface area contributed by atoms with E-state index in [4.69, 9.17) is 9.47 Å². The third-order valence-electron chi connectivity index (χ3n) is 2.41. The van der Waals surface area contributed by atoms with Crippen LogP contribution in [0.2, 0.25) is 0 Å². The summed E-state index contributed by atoms with van der Waals surface area (Å²) < 4.78 is 12.3. The van der Waals surface area contributed by atoms with Crippen molar-refractivity contribution in [1.82, 2.24) is 15.0 Å². The van der Waals surface area contributed by atoms with Crippen LogP contribution >= 0.6 is 0 Å². The molecule has 0 aliphatic carbocycles. The minimum Gasteiger partial charge on any atom is -0.379 e. The minimum atomic E-state index is 0.0847. The van der Waals surface area contributed by atoms with Gasteiger partial charge in [0.15, 0.2) is 0 Å². The van der Waals surface area contributed by atoms with E-state index in [2.05, 4.69) is 10.3 Å². The summed E-state index contributed by atoms with van der Waals surface area (Å²) in [6.45, 7) is 5.67. The van der Waals surface area contributed by atoms with Gasteiger partial charge in [-0.3, -0.25) is 9.48 Å². The molecule has 0 unspecified atom stereocenters. The van der Waals surface area contributed by atoms with Crippen LogP contribution in [0.5, 0.6) is 0 Å².